The lowest BCUT2D eigenvalue weighted by Crippen LogP contribution is -2.29. The van der Waals surface area contributed by atoms with Crippen LogP contribution in [0.1, 0.15) is 36.2 Å². The third-order valence-electron chi connectivity index (χ3n) is 4.04. The van der Waals surface area contributed by atoms with Crippen LogP contribution in [0.3, 0.4) is 0 Å². The van der Waals surface area contributed by atoms with Crippen LogP contribution in [0.4, 0.5) is 20.2 Å². The van der Waals surface area contributed by atoms with Gasteiger partial charge in [0.05, 0.1) is 21.8 Å². The first-order chi connectivity index (χ1) is 13.6. The van der Waals surface area contributed by atoms with Gasteiger partial charge in [-0.3, -0.25) is 9.63 Å². The highest BCUT2D eigenvalue weighted by Gasteiger charge is 2.23. The van der Waals surface area contributed by atoms with Gasteiger partial charge < -0.3 is 10.4 Å². The summed E-state index contributed by atoms with van der Waals surface area (Å²) < 4.78 is 29.6. The second kappa shape index (κ2) is 10.6. The summed E-state index contributed by atoms with van der Waals surface area (Å²) in [6.07, 6.45) is -0.245. The van der Waals surface area contributed by atoms with Crippen LogP contribution in [-0.4, -0.2) is 23.7 Å². The van der Waals surface area contributed by atoms with Crippen molar-refractivity contribution in [1.82, 2.24) is 5.48 Å². The molecule has 0 aromatic heterocycles. The number of nitrogens with one attached hydrogen (secondary N) is 2. The van der Waals surface area contributed by atoms with Gasteiger partial charge in [-0.15, -0.1) is 0 Å². The topological polar surface area (TPSA) is 70.6 Å². The minimum atomic E-state index is -1.19. The Kier molecular flexibility index (Phi) is 8.80. The van der Waals surface area contributed by atoms with E-state index in [1.54, 1.807) is 6.07 Å². The van der Waals surface area contributed by atoms with Crippen molar-refractivity contribution in [2.45, 2.75) is 33.3 Å². The molecule has 1 amide bonds. The maximum atomic E-state index is 14.6. The van der Waals surface area contributed by atoms with Crippen LogP contribution in [0.15, 0.2) is 28.7 Å². The summed E-state index contributed by atoms with van der Waals surface area (Å²) in [6.45, 7) is 5.60. The van der Waals surface area contributed by atoms with Crippen LogP contribution in [0.2, 0.25) is 0 Å². The number of halogens is 4. The Balaban J connectivity index is 2.25. The van der Waals surface area contributed by atoms with Crippen molar-refractivity contribution in [3.8, 4) is 0 Å². The van der Waals surface area contributed by atoms with Crippen molar-refractivity contribution in [2.24, 2.45) is 5.92 Å². The number of benzene rings is 2. The molecule has 158 valence electrons. The number of aliphatic hydroxyl groups is 1. The molecule has 2 aromatic rings. The van der Waals surface area contributed by atoms with E-state index in [2.05, 4.69) is 49.3 Å². The average Bonchev–Trinajstić information content (AvgIpc) is 2.63. The monoisotopic (exact) mass is 582 g/mol. The fourth-order valence-electron chi connectivity index (χ4n) is 2.67. The lowest BCUT2D eigenvalue weighted by molar-refractivity contribution is -0.0181. The normalized spacial score (nSPS) is 12.2. The standard InChI is InChI=1S/C20H22BrF2IN2O3/c1-10(2)6-13(27)9-29-26-20(28)14-8-15(21)17(22)18(23)19(14)25-16-5-4-12(24)7-11(16)3/h4-5,7-8,10,13,25,27H,6,9H2,1-3H3,(H,26,28). The molecular weight excluding hydrogens is 561 g/mol. The van der Waals surface area contributed by atoms with Crippen molar-refractivity contribution >= 4 is 55.8 Å². The second-order valence-electron chi connectivity index (χ2n) is 7.02. The van der Waals surface area contributed by atoms with Gasteiger partial charge in [0, 0.05) is 9.26 Å². The van der Waals surface area contributed by atoms with Crippen molar-refractivity contribution in [1.29, 1.82) is 0 Å². The van der Waals surface area contributed by atoms with Gasteiger partial charge >= 0.3 is 0 Å². The van der Waals surface area contributed by atoms with Gasteiger partial charge in [-0.25, -0.2) is 14.3 Å². The summed E-state index contributed by atoms with van der Waals surface area (Å²) in [5, 5.41) is 12.6. The number of amides is 1. The molecule has 5 nitrogen and oxygen atoms in total. The van der Waals surface area contributed by atoms with Crippen LogP contribution in [-0.2, 0) is 4.84 Å². The fraction of sp³-hybridized carbons (Fsp3) is 0.350. The number of rotatable bonds is 8. The molecule has 29 heavy (non-hydrogen) atoms. The lowest BCUT2D eigenvalue weighted by atomic mass is 10.1. The Hall–Kier alpha value is -1.30. The Bertz CT molecular complexity index is 897. The summed E-state index contributed by atoms with van der Waals surface area (Å²) in [5.41, 5.74) is 3.06. The maximum absolute atomic E-state index is 14.6. The van der Waals surface area contributed by atoms with Crippen molar-refractivity contribution < 1.29 is 23.5 Å². The Labute approximate surface area is 190 Å². The second-order valence-corrected chi connectivity index (χ2v) is 9.12. The van der Waals surface area contributed by atoms with E-state index in [0.29, 0.717) is 12.1 Å². The highest BCUT2D eigenvalue weighted by molar-refractivity contribution is 14.1. The largest absolute Gasteiger partial charge is 0.391 e. The molecule has 9 heteroatoms. The summed E-state index contributed by atoms with van der Waals surface area (Å²) in [5.74, 6) is -2.81. The van der Waals surface area contributed by atoms with Crippen molar-refractivity contribution in [2.75, 3.05) is 11.9 Å². The van der Waals surface area contributed by atoms with E-state index in [1.165, 1.54) is 6.07 Å². The molecule has 0 saturated carbocycles. The number of hydrogen-bond donors (Lipinski definition) is 3. The van der Waals surface area contributed by atoms with E-state index in [0.717, 1.165) is 9.13 Å². The van der Waals surface area contributed by atoms with Crippen molar-refractivity contribution in [3.05, 3.63) is 55.1 Å². The maximum Gasteiger partial charge on any atom is 0.277 e. The smallest absolute Gasteiger partial charge is 0.277 e. The molecule has 0 heterocycles. The van der Waals surface area contributed by atoms with Crippen LogP contribution >= 0.6 is 38.5 Å². The molecule has 0 saturated heterocycles. The van der Waals surface area contributed by atoms with Crippen LogP contribution in [0.25, 0.3) is 0 Å². The number of carbonyl (C=O) groups is 1. The van der Waals surface area contributed by atoms with E-state index in [9.17, 15) is 18.7 Å². The quantitative estimate of drug-likeness (QED) is 0.220. The SMILES string of the molecule is Cc1cc(I)ccc1Nc1c(C(=O)NOCC(O)CC(C)C)cc(Br)c(F)c1F. The number of hydrogen-bond acceptors (Lipinski definition) is 4. The van der Waals surface area contributed by atoms with Gasteiger partial charge in [-0.2, -0.15) is 0 Å². The van der Waals surface area contributed by atoms with Gasteiger partial charge in [0.2, 0.25) is 0 Å². The number of anilines is 2. The third-order valence-corrected chi connectivity index (χ3v) is 5.29. The van der Waals surface area contributed by atoms with E-state index in [1.807, 2.05) is 32.9 Å². The molecule has 0 bridgehead atoms. The molecule has 1 unspecified atom stereocenters. The number of aryl methyl sites for hydroxylation is 1. The minimum Gasteiger partial charge on any atom is -0.391 e. The van der Waals surface area contributed by atoms with Gasteiger partial charge in [-0.1, -0.05) is 13.8 Å². The van der Waals surface area contributed by atoms with Crippen LogP contribution in [0.5, 0.6) is 0 Å². The summed E-state index contributed by atoms with van der Waals surface area (Å²) in [6, 6.07) is 6.57. The zero-order chi connectivity index (χ0) is 21.7. The molecule has 2 rings (SSSR count). The van der Waals surface area contributed by atoms with Gasteiger partial charge in [0.25, 0.3) is 5.91 Å². The lowest BCUT2D eigenvalue weighted by Gasteiger charge is -2.17. The predicted molar refractivity (Wildman–Crippen MR) is 120 cm³/mol. The molecule has 0 aliphatic carbocycles. The Morgan fingerprint density at radius 1 is 1.28 bits per heavy atom. The van der Waals surface area contributed by atoms with Crippen LogP contribution in [0, 0.1) is 28.0 Å². The molecule has 3 N–H and O–H groups in total. The molecule has 1 atom stereocenters. The average molecular weight is 583 g/mol. The Morgan fingerprint density at radius 3 is 2.59 bits per heavy atom. The summed E-state index contributed by atoms with van der Waals surface area (Å²) >= 11 is 5.07. The van der Waals surface area contributed by atoms with Gasteiger partial charge in [-0.05, 0) is 87.6 Å². The molecule has 0 aliphatic heterocycles. The molecular formula is C20H22BrF2IN2O3. The summed E-state index contributed by atoms with van der Waals surface area (Å²) in [4.78, 5) is 17.6. The van der Waals surface area contributed by atoms with E-state index >= 15 is 0 Å². The number of aliphatic hydroxyl groups excluding tert-OH is 1. The first-order valence-electron chi connectivity index (χ1n) is 8.91. The highest BCUT2D eigenvalue weighted by atomic mass is 127. The van der Waals surface area contributed by atoms with Crippen LogP contribution < -0.4 is 10.8 Å². The zero-order valence-corrected chi connectivity index (χ0v) is 19.9. The molecule has 0 aliphatic rings. The van der Waals surface area contributed by atoms with E-state index in [4.69, 9.17) is 4.84 Å². The number of hydroxylamine groups is 1. The first-order valence-corrected chi connectivity index (χ1v) is 10.8. The third kappa shape index (κ3) is 6.59. The van der Waals surface area contributed by atoms with Gasteiger partial charge in [0.1, 0.15) is 6.61 Å². The summed E-state index contributed by atoms with van der Waals surface area (Å²) in [7, 11) is 0. The predicted octanol–water partition coefficient (Wildman–Crippen LogP) is 5.45. The molecule has 0 fully saturated rings. The molecule has 0 spiro atoms. The molecule has 2 aromatic carbocycles. The fourth-order valence-corrected chi connectivity index (χ4v) is 3.72. The Morgan fingerprint density at radius 2 is 1.97 bits per heavy atom. The zero-order valence-electron chi connectivity index (χ0n) is 16.2. The molecule has 0 radical (unpaired) electrons. The minimum absolute atomic E-state index is 0.117. The first kappa shape index (κ1) is 24.0. The van der Waals surface area contributed by atoms with E-state index < -0.39 is 23.6 Å². The highest BCUT2D eigenvalue weighted by Crippen LogP contribution is 2.32. The van der Waals surface area contributed by atoms with E-state index in [-0.39, 0.29) is 28.2 Å². The van der Waals surface area contributed by atoms with Crippen molar-refractivity contribution in [3.63, 3.8) is 0 Å². The van der Waals surface area contributed by atoms with Gasteiger partial charge in [0.15, 0.2) is 11.6 Å². The number of carbonyl (C=O) groups excluding carboxylic acids is 1.